The van der Waals surface area contributed by atoms with Gasteiger partial charge in [0, 0.05) is 40.3 Å². The van der Waals surface area contributed by atoms with Crippen LogP contribution < -0.4 is 16.6 Å². The number of carbonyl (C=O) groups excluding carboxylic acids is 1. The van der Waals surface area contributed by atoms with Crippen molar-refractivity contribution in [2.75, 3.05) is 26.2 Å². The van der Waals surface area contributed by atoms with Gasteiger partial charge in [-0.05, 0) is 11.8 Å². The van der Waals surface area contributed by atoms with Crippen LogP contribution in [0, 0.1) is 11.8 Å². The van der Waals surface area contributed by atoms with Crippen molar-refractivity contribution in [3.63, 3.8) is 0 Å². The Hall–Kier alpha value is -2.42. The molecular formula is C15H20N6O3. The minimum atomic E-state index is -0.513. The average molecular weight is 332 g/mol. The number of fused-ring (bicyclic) bond motifs is 2. The van der Waals surface area contributed by atoms with Crippen molar-refractivity contribution in [1.29, 1.82) is 0 Å². The third-order valence-corrected chi connectivity index (χ3v) is 5.24. The number of likely N-dealkylation sites (tertiary alicyclic amines) is 1. The average Bonchev–Trinajstić information content (AvgIpc) is 3.23. The number of nitrogens with zero attached hydrogens (tertiary/aromatic N) is 5. The van der Waals surface area contributed by atoms with E-state index in [1.165, 1.54) is 10.9 Å². The third kappa shape index (κ3) is 2.11. The van der Waals surface area contributed by atoms with Crippen LogP contribution in [0.5, 0.6) is 0 Å². The Kier molecular flexibility index (Phi) is 3.34. The van der Waals surface area contributed by atoms with Crippen LogP contribution in [-0.2, 0) is 25.4 Å². The minimum absolute atomic E-state index is 0.176. The molecule has 4 heterocycles. The number of aromatic nitrogens is 4. The second-order valence-corrected chi connectivity index (χ2v) is 6.74. The summed E-state index contributed by atoms with van der Waals surface area (Å²) >= 11 is 0. The molecule has 0 saturated carbocycles. The van der Waals surface area contributed by atoms with E-state index < -0.39 is 11.2 Å². The Morgan fingerprint density at radius 2 is 1.92 bits per heavy atom. The molecule has 2 saturated heterocycles. The zero-order valence-corrected chi connectivity index (χ0v) is 13.7. The normalized spacial score (nSPS) is 23.2. The molecule has 2 aromatic heterocycles. The van der Waals surface area contributed by atoms with Gasteiger partial charge in [0.1, 0.15) is 6.54 Å². The molecule has 9 nitrogen and oxygen atoms in total. The Labute approximate surface area is 137 Å². The van der Waals surface area contributed by atoms with E-state index in [9.17, 15) is 14.4 Å². The molecule has 0 bridgehead atoms. The number of aryl methyl sites for hydroxylation is 2. The van der Waals surface area contributed by atoms with Crippen molar-refractivity contribution in [3.05, 3.63) is 27.2 Å². The highest BCUT2D eigenvalue weighted by Gasteiger charge is 2.38. The first-order chi connectivity index (χ1) is 11.5. The van der Waals surface area contributed by atoms with Gasteiger partial charge in [0.2, 0.25) is 5.91 Å². The molecule has 0 aliphatic carbocycles. The first kappa shape index (κ1) is 15.1. The monoisotopic (exact) mass is 332 g/mol. The van der Waals surface area contributed by atoms with E-state index in [4.69, 9.17) is 0 Å². The molecule has 0 aromatic carbocycles. The van der Waals surface area contributed by atoms with Gasteiger partial charge in [-0.1, -0.05) is 0 Å². The van der Waals surface area contributed by atoms with E-state index in [0.717, 1.165) is 17.7 Å². The summed E-state index contributed by atoms with van der Waals surface area (Å²) in [5, 5.41) is 3.33. The maximum Gasteiger partial charge on any atom is 0.332 e. The summed E-state index contributed by atoms with van der Waals surface area (Å²) in [6.45, 7) is 3.02. The van der Waals surface area contributed by atoms with Crippen LogP contribution in [0.3, 0.4) is 0 Å². The lowest BCUT2D eigenvalue weighted by Crippen LogP contribution is -2.44. The van der Waals surface area contributed by atoms with Gasteiger partial charge in [-0.2, -0.15) is 0 Å². The number of hydrogen-bond donors (Lipinski definition) is 1. The molecule has 1 amide bonds. The SMILES string of the molecule is Cn1cnc2c1c(=O)n(CC(=O)N1C[C@H]3CNC[C@H]3C1)c(=O)n2C. The molecular weight excluding hydrogens is 312 g/mol. The van der Waals surface area contributed by atoms with Crippen LogP contribution in [-0.4, -0.2) is 55.7 Å². The van der Waals surface area contributed by atoms with Crippen LogP contribution in [0.25, 0.3) is 11.2 Å². The number of hydrogen-bond acceptors (Lipinski definition) is 5. The van der Waals surface area contributed by atoms with Crippen LogP contribution in [0.1, 0.15) is 0 Å². The summed E-state index contributed by atoms with van der Waals surface area (Å²) < 4.78 is 3.90. The zero-order chi connectivity index (χ0) is 17.0. The third-order valence-electron chi connectivity index (χ3n) is 5.24. The summed E-state index contributed by atoms with van der Waals surface area (Å²) in [4.78, 5) is 43.5. The van der Waals surface area contributed by atoms with Crippen LogP contribution in [0.4, 0.5) is 0 Å². The van der Waals surface area contributed by atoms with Crippen LogP contribution in [0.15, 0.2) is 15.9 Å². The minimum Gasteiger partial charge on any atom is -0.340 e. The van der Waals surface area contributed by atoms with Crippen molar-refractivity contribution in [1.82, 2.24) is 28.9 Å². The van der Waals surface area contributed by atoms with Gasteiger partial charge in [0.25, 0.3) is 5.56 Å². The number of amides is 1. The predicted molar refractivity (Wildman–Crippen MR) is 86.6 cm³/mol. The summed E-state index contributed by atoms with van der Waals surface area (Å²) in [6.07, 6.45) is 1.49. The lowest BCUT2D eigenvalue weighted by Gasteiger charge is -2.18. The number of nitrogens with one attached hydrogen (secondary N) is 1. The highest BCUT2D eigenvalue weighted by Crippen LogP contribution is 2.26. The molecule has 128 valence electrons. The second kappa shape index (κ2) is 5.30. The fourth-order valence-electron chi connectivity index (χ4n) is 3.83. The summed E-state index contributed by atoms with van der Waals surface area (Å²) in [5.41, 5.74) is -0.325. The molecule has 0 unspecified atom stereocenters. The molecule has 2 fully saturated rings. The van der Waals surface area contributed by atoms with Crippen molar-refractivity contribution < 1.29 is 4.79 Å². The van der Waals surface area contributed by atoms with Crippen molar-refractivity contribution in [2.45, 2.75) is 6.54 Å². The molecule has 1 N–H and O–H groups in total. The Bertz CT molecular complexity index is 927. The molecule has 2 aromatic rings. The van der Waals surface area contributed by atoms with Crippen molar-refractivity contribution in [3.8, 4) is 0 Å². The Morgan fingerprint density at radius 3 is 2.58 bits per heavy atom. The molecule has 24 heavy (non-hydrogen) atoms. The van der Waals surface area contributed by atoms with E-state index in [1.54, 1.807) is 23.6 Å². The van der Waals surface area contributed by atoms with E-state index in [2.05, 4.69) is 10.3 Å². The standard InChI is InChI=1S/C15H20N6O3/c1-18-8-17-13-12(18)14(23)21(15(24)19(13)2)7-11(22)20-5-9-3-16-4-10(9)6-20/h8-10,16H,3-7H2,1-2H3/t9-,10+. The largest absolute Gasteiger partial charge is 0.340 e. The van der Waals surface area contributed by atoms with Gasteiger partial charge < -0.3 is 14.8 Å². The number of imidazole rings is 1. The second-order valence-electron chi connectivity index (χ2n) is 6.74. The zero-order valence-electron chi connectivity index (χ0n) is 13.7. The molecule has 0 radical (unpaired) electrons. The number of carbonyl (C=O) groups is 1. The Morgan fingerprint density at radius 1 is 1.25 bits per heavy atom. The van der Waals surface area contributed by atoms with Crippen LogP contribution in [0.2, 0.25) is 0 Å². The fourth-order valence-corrected chi connectivity index (χ4v) is 3.83. The molecule has 4 rings (SSSR count). The quantitative estimate of drug-likeness (QED) is 0.694. The first-order valence-electron chi connectivity index (χ1n) is 8.06. The van der Waals surface area contributed by atoms with Gasteiger partial charge in [0.05, 0.1) is 6.33 Å². The Balaban J connectivity index is 1.67. The fraction of sp³-hybridized carbons (Fsp3) is 0.600. The van der Waals surface area contributed by atoms with E-state index in [1.807, 2.05) is 0 Å². The van der Waals surface area contributed by atoms with Crippen LogP contribution >= 0.6 is 0 Å². The van der Waals surface area contributed by atoms with Gasteiger partial charge in [-0.15, -0.1) is 0 Å². The lowest BCUT2D eigenvalue weighted by molar-refractivity contribution is -0.131. The van der Waals surface area contributed by atoms with E-state index >= 15 is 0 Å². The summed E-state index contributed by atoms with van der Waals surface area (Å²) in [7, 11) is 3.26. The predicted octanol–water partition coefficient (Wildman–Crippen LogP) is -1.89. The first-order valence-corrected chi connectivity index (χ1v) is 8.06. The molecule has 2 atom stereocenters. The van der Waals surface area contributed by atoms with Gasteiger partial charge in [-0.25, -0.2) is 14.3 Å². The number of rotatable bonds is 2. The topological polar surface area (TPSA) is 94.2 Å². The summed E-state index contributed by atoms with van der Waals surface area (Å²) in [6, 6.07) is 0. The molecule has 9 heteroatoms. The molecule has 2 aliphatic rings. The van der Waals surface area contributed by atoms with Crippen molar-refractivity contribution >= 4 is 17.1 Å². The smallest absolute Gasteiger partial charge is 0.332 e. The highest BCUT2D eigenvalue weighted by atomic mass is 16.2. The highest BCUT2D eigenvalue weighted by molar-refractivity contribution is 5.77. The lowest BCUT2D eigenvalue weighted by atomic mass is 10.0. The van der Waals surface area contributed by atoms with E-state index in [0.29, 0.717) is 36.1 Å². The summed E-state index contributed by atoms with van der Waals surface area (Å²) in [5.74, 6) is 0.784. The van der Waals surface area contributed by atoms with Gasteiger partial charge >= 0.3 is 5.69 Å². The van der Waals surface area contributed by atoms with Gasteiger partial charge in [0.15, 0.2) is 11.2 Å². The molecule has 2 aliphatic heterocycles. The molecule has 0 spiro atoms. The maximum atomic E-state index is 12.6. The van der Waals surface area contributed by atoms with E-state index in [-0.39, 0.29) is 12.5 Å². The van der Waals surface area contributed by atoms with Gasteiger partial charge in [-0.3, -0.25) is 14.2 Å². The van der Waals surface area contributed by atoms with Crippen molar-refractivity contribution in [2.24, 2.45) is 25.9 Å². The maximum absolute atomic E-state index is 12.6.